The largest absolute Gasteiger partial charge is 0.323 e. The summed E-state index contributed by atoms with van der Waals surface area (Å²) in [6, 6.07) is 7.35. The number of rotatable bonds is 2. The lowest BCUT2D eigenvalue weighted by Crippen LogP contribution is -2.35. The summed E-state index contributed by atoms with van der Waals surface area (Å²) in [4.78, 5) is 0. The quantitative estimate of drug-likeness (QED) is 0.849. The van der Waals surface area contributed by atoms with Crippen molar-refractivity contribution in [1.29, 1.82) is 0 Å². The molecule has 16 heavy (non-hydrogen) atoms. The van der Waals surface area contributed by atoms with Gasteiger partial charge in [0.05, 0.1) is 10.5 Å². The number of nitrogens with two attached hydrogens (primary N) is 1. The van der Waals surface area contributed by atoms with Crippen molar-refractivity contribution in [2.45, 2.75) is 36.8 Å². The van der Waals surface area contributed by atoms with E-state index in [-0.39, 0.29) is 11.3 Å². The Bertz CT molecular complexity index is 493. The molecule has 4 heteroatoms. The maximum absolute atomic E-state index is 12.1. The molecular formula is C12H17NO2S. The fourth-order valence-corrected chi connectivity index (χ4v) is 3.93. The van der Waals surface area contributed by atoms with Crippen molar-refractivity contribution in [2.75, 3.05) is 0 Å². The third-order valence-corrected chi connectivity index (χ3v) is 5.93. The molecule has 2 atom stereocenters. The van der Waals surface area contributed by atoms with Gasteiger partial charge in [-0.3, -0.25) is 0 Å². The van der Waals surface area contributed by atoms with Crippen LogP contribution in [0.2, 0.25) is 0 Å². The molecule has 0 saturated heterocycles. The second-order valence-electron chi connectivity index (χ2n) is 4.60. The van der Waals surface area contributed by atoms with Crippen LogP contribution in [0.1, 0.15) is 31.0 Å². The first-order valence-corrected chi connectivity index (χ1v) is 7.11. The summed E-state index contributed by atoms with van der Waals surface area (Å²) < 4.78 is 24.3. The molecule has 88 valence electrons. The van der Waals surface area contributed by atoms with Gasteiger partial charge in [-0.1, -0.05) is 24.3 Å². The molecule has 3 nitrogen and oxygen atoms in total. The number of sulfone groups is 1. The summed E-state index contributed by atoms with van der Waals surface area (Å²) in [5, 5.41) is -0.817. The van der Waals surface area contributed by atoms with E-state index in [2.05, 4.69) is 0 Å². The van der Waals surface area contributed by atoms with Crippen LogP contribution in [0.25, 0.3) is 0 Å². The Labute approximate surface area is 96.6 Å². The molecular weight excluding hydrogens is 222 g/mol. The van der Waals surface area contributed by atoms with Gasteiger partial charge in [-0.05, 0) is 31.4 Å². The van der Waals surface area contributed by atoms with Crippen molar-refractivity contribution in [3.63, 3.8) is 0 Å². The highest BCUT2D eigenvalue weighted by Crippen LogP contribution is 2.34. The molecule has 1 aromatic rings. The van der Waals surface area contributed by atoms with Crippen molar-refractivity contribution < 1.29 is 8.42 Å². The average Bonchev–Trinajstić information content (AvgIpc) is 2.57. The molecule has 2 unspecified atom stereocenters. The topological polar surface area (TPSA) is 60.2 Å². The monoisotopic (exact) mass is 239 g/mol. The Morgan fingerprint density at radius 3 is 2.50 bits per heavy atom. The van der Waals surface area contributed by atoms with Gasteiger partial charge in [-0.2, -0.15) is 0 Å². The minimum Gasteiger partial charge on any atom is -0.323 e. The molecule has 0 spiro atoms. The van der Waals surface area contributed by atoms with Crippen LogP contribution in [0, 0.1) is 0 Å². The van der Waals surface area contributed by atoms with Gasteiger partial charge < -0.3 is 5.73 Å². The molecule has 0 radical (unpaired) electrons. The number of fused-ring (bicyclic) bond motifs is 1. The third-order valence-electron chi connectivity index (χ3n) is 3.31. The smallest absolute Gasteiger partial charge is 0.157 e. The lowest BCUT2D eigenvalue weighted by molar-refractivity contribution is 0.556. The van der Waals surface area contributed by atoms with Gasteiger partial charge in [0.1, 0.15) is 0 Å². The molecule has 0 fully saturated rings. The van der Waals surface area contributed by atoms with E-state index in [0.717, 1.165) is 11.1 Å². The first-order chi connectivity index (χ1) is 7.44. The van der Waals surface area contributed by atoms with E-state index in [1.54, 1.807) is 13.8 Å². The second kappa shape index (κ2) is 3.86. The van der Waals surface area contributed by atoms with E-state index in [9.17, 15) is 8.42 Å². The highest BCUT2D eigenvalue weighted by atomic mass is 32.2. The van der Waals surface area contributed by atoms with Crippen molar-refractivity contribution in [3.05, 3.63) is 35.4 Å². The lowest BCUT2D eigenvalue weighted by atomic mass is 10.1. The molecule has 0 bridgehead atoms. The van der Waals surface area contributed by atoms with Crippen LogP contribution in [-0.2, 0) is 16.3 Å². The predicted molar refractivity (Wildman–Crippen MR) is 64.9 cm³/mol. The minimum absolute atomic E-state index is 0.363. The Hall–Kier alpha value is -0.870. The average molecular weight is 239 g/mol. The van der Waals surface area contributed by atoms with Crippen molar-refractivity contribution in [2.24, 2.45) is 5.73 Å². The molecule has 1 aliphatic rings. The lowest BCUT2D eigenvalue weighted by Gasteiger charge is -2.19. The predicted octanol–water partition coefficient (Wildman–Crippen LogP) is 1.43. The van der Waals surface area contributed by atoms with E-state index in [1.807, 2.05) is 24.3 Å². The van der Waals surface area contributed by atoms with E-state index >= 15 is 0 Å². The summed E-state index contributed by atoms with van der Waals surface area (Å²) in [6.45, 7) is 3.43. The molecule has 0 amide bonds. The first-order valence-electron chi connectivity index (χ1n) is 5.50. The Kier molecular flexibility index (Phi) is 2.80. The molecule has 1 aliphatic carbocycles. The minimum atomic E-state index is -3.12. The van der Waals surface area contributed by atoms with Crippen molar-refractivity contribution >= 4 is 9.84 Å². The van der Waals surface area contributed by atoms with Crippen molar-refractivity contribution in [1.82, 2.24) is 0 Å². The maximum Gasteiger partial charge on any atom is 0.157 e. The van der Waals surface area contributed by atoms with Gasteiger partial charge in [0.25, 0.3) is 0 Å². The fourth-order valence-electron chi connectivity index (χ4n) is 2.26. The molecule has 0 heterocycles. The van der Waals surface area contributed by atoms with Gasteiger partial charge in [-0.15, -0.1) is 0 Å². The normalized spacial score (nSPS) is 24.8. The summed E-state index contributed by atoms with van der Waals surface area (Å²) >= 11 is 0. The van der Waals surface area contributed by atoms with Crippen LogP contribution >= 0.6 is 0 Å². The summed E-state index contributed by atoms with van der Waals surface area (Å²) in [7, 11) is -3.12. The van der Waals surface area contributed by atoms with Gasteiger partial charge in [-0.25, -0.2) is 8.42 Å². The third kappa shape index (κ3) is 1.66. The van der Waals surface area contributed by atoms with Crippen LogP contribution in [0.4, 0.5) is 0 Å². The number of hydrogen-bond acceptors (Lipinski definition) is 3. The van der Waals surface area contributed by atoms with E-state index in [0.29, 0.717) is 6.42 Å². The van der Waals surface area contributed by atoms with Crippen molar-refractivity contribution in [3.8, 4) is 0 Å². The van der Waals surface area contributed by atoms with Gasteiger partial charge in [0, 0.05) is 6.04 Å². The zero-order chi connectivity index (χ0) is 11.9. The number of benzene rings is 1. The van der Waals surface area contributed by atoms with Crippen LogP contribution < -0.4 is 5.73 Å². The van der Waals surface area contributed by atoms with E-state index in [4.69, 9.17) is 5.73 Å². The Morgan fingerprint density at radius 2 is 1.94 bits per heavy atom. The summed E-state index contributed by atoms with van der Waals surface area (Å²) in [6.07, 6.45) is 0.553. The molecule has 0 saturated carbocycles. The van der Waals surface area contributed by atoms with Gasteiger partial charge in [0.15, 0.2) is 9.84 Å². The molecule has 0 aliphatic heterocycles. The van der Waals surface area contributed by atoms with Crippen LogP contribution in [0.3, 0.4) is 0 Å². The second-order valence-corrected chi connectivity index (χ2v) is 7.33. The Morgan fingerprint density at radius 1 is 1.31 bits per heavy atom. The van der Waals surface area contributed by atoms with E-state index in [1.165, 1.54) is 0 Å². The van der Waals surface area contributed by atoms with Crippen LogP contribution in [0.15, 0.2) is 24.3 Å². The standard InChI is InChI=1S/C12H17NO2S/c1-8(2)16(14,15)11-7-9-5-3-4-6-10(9)12(11)13/h3-6,8,11-12H,7,13H2,1-2H3. The Balaban J connectivity index is 2.39. The maximum atomic E-state index is 12.1. The summed E-state index contributed by atoms with van der Waals surface area (Å²) in [5.74, 6) is 0. The SMILES string of the molecule is CC(C)S(=O)(=O)C1Cc2ccccc2C1N. The molecule has 0 aromatic heterocycles. The van der Waals surface area contributed by atoms with Gasteiger partial charge in [0.2, 0.25) is 0 Å². The number of hydrogen-bond donors (Lipinski definition) is 1. The highest BCUT2D eigenvalue weighted by Gasteiger charge is 2.39. The van der Waals surface area contributed by atoms with E-state index < -0.39 is 15.1 Å². The van der Waals surface area contributed by atoms with Gasteiger partial charge >= 0.3 is 0 Å². The fraction of sp³-hybridized carbons (Fsp3) is 0.500. The first kappa shape index (κ1) is 11.6. The molecule has 2 rings (SSSR count). The van der Waals surface area contributed by atoms with Crippen LogP contribution in [-0.4, -0.2) is 18.9 Å². The zero-order valence-corrected chi connectivity index (χ0v) is 10.4. The zero-order valence-electron chi connectivity index (χ0n) is 9.55. The molecule has 1 aromatic carbocycles. The summed E-state index contributed by atoms with van der Waals surface area (Å²) in [5.41, 5.74) is 8.09. The van der Waals surface area contributed by atoms with Crippen LogP contribution in [0.5, 0.6) is 0 Å². The molecule has 2 N–H and O–H groups in total. The highest BCUT2D eigenvalue weighted by molar-refractivity contribution is 7.92.